The van der Waals surface area contributed by atoms with E-state index >= 15 is 0 Å². The molecule has 0 radical (unpaired) electrons. The van der Waals surface area contributed by atoms with Crippen LogP contribution in [-0.4, -0.2) is 90.3 Å². The zero-order valence-corrected chi connectivity index (χ0v) is 42.1. The van der Waals surface area contributed by atoms with Gasteiger partial charge in [0.1, 0.15) is 10.3 Å². The molecule has 16 heteroatoms. The van der Waals surface area contributed by atoms with Gasteiger partial charge in [-0.1, -0.05) is 60.5 Å². The van der Waals surface area contributed by atoms with Crippen LogP contribution in [0.15, 0.2) is 48.8 Å². The van der Waals surface area contributed by atoms with Crippen LogP contribution in [0.3, 0.4) is 0 Å². The van der Waals surface area contributed by atoms with Gasteiger partial charge in [-0.3, -0.25) is 0 Å². The molecule has 0 amide bonds. The van der Waals surface area contributed by atoms with Gasteiger partial charge >= 0.3 is 130 Å². The molecule has 4 aromatic rings. The molecular formula is C31H38BCl2IK3N2O6P. The first kappa shape index (κ1) is 54.3. The summed E-state index contributed by atoms with van der Waals surface area (Å²) in [5.74, 6) is 0. The fourth-order valence-electron chi connectivity index (χ4n) is 3.78. The van der Waals surface area contributed by atoms with Gasteiger partial charge in [0.15, 0.2) is 0 Å². The van der Waals surface area contributed by atoms with Crippen molar-refractivity contribution in [3.63, 3.8) is 0 Å². The van der Waals surface area contributed by atoms with Crippen LogP contribution >= 0.6 is 54.0 Å². The topological polar surface area (TPSA) is 139 Å². The van der Waals surface area contributed by atoms with E-state index in [0.29, 0.717) is 15.8 Å². The Morgan fingerprint density at radius 1 is 0.723 bits per heavy atom. The summed E-state index contributed by atoms with van der Waals surface area (Å²) in [4.78, 5) is 16.9. The quantitative estimate of drug-likeness (QED) is 0.0801. The fourth-order valence-corrected chi connectivity index (χ4v) is 4.71. The number of aromatic nitrogens is 2. The van der Waals surface area contributed by atoms with Gasteiger partial charge in [-0.05, 0) is 150 Å². The van der Waals surface area contributed by atoms with E-state index in [4.69, 9.17) is 48.0 Å². The van der Waals surface area contributed by atoms with E-state index in [1.165, 1.54) is 102 Å². The first-order chi connectivity index (χ1) is 21.0. The molecule has 0 saturated heterocycles. The standard InChI is InChI=1S/C15H16ClN.C9H13BO2.C6H5ClIN.CH4.3K.HO4P/c1-9-5-11(3)13(6-10(9)2)14-7-15(16)17-8-12(14)4;1-6-4-8(3)9(10(11)12)5-7(6)2;1-4-3-9-6(7)2-5(4)8;;;;;1-4-5(2)3/h5-8H,1-4H3;4-5,11-12H,1-3H3;2-3H,1H3;1H4;;;;1H/q;;;;;;+1;/p-1. The predicted molar refractivity (Wildman–Crippen MR) is 198 cm³/mol. The summed E-state index contributed by atoms with van der Waals surface area (Å²) in [7, 11) is -4.51. The molecule has 240 valence electrons. The summed E-state index contributed by atoms with van der Waals surface area (Å²) < 4.78 is 12.5. The Bertz CT molecular complexity index is 1580. The molecule has 1 unspecified atom stereocenters. The van der Waals surface area contributed by atoms with E-state index in [-0.39, 0.29) is 58.8 Å². The van der Waals surface area contributed by atoms with Crippen molar-refractivity contribution < 1.29 is 80.8 Å². The Morgan fingerprint density at radius 3 is 1.53 bits per heavy atom. The van der Waals surface area contributed by atoms with E-state index in [0.717, 1.165) is 20.3 Å². The van der Waals surface area contributed by atoms with Crippen LogP contribution in [-0.2, 0) is 9.24 Å². The molecule has 0 aliphatic rings. The van der Waals surface area contributed by atoms with Crippen LogP contribution in [0.25, 0.3) is 11.1 Å². The molecule has 8 nitrogen and oxygen atoms in total. The number of nitrogens with zero attached hydrogens (tertiary/aromatic N) is 2. The molecule has 2 heterocycles. The van der Waals surface area contributed by atoms with Gasteiger partial charge in [0.2, 0.25) is 0 Å². The first-order valence-electron chi connectivity index (χ1n) is 13.8. The summed E-state index contributed by atoms with van der Waals surface area (Å²) in [6.07, 6.45) is 3.59. The Morgan fingerprint density at radius 2 is 1.11 bits per heavy atom. The normalized spacial score (nSPS) is 9.64. The van der Waals surface area contributed by atoms with Crippen molar-refractivity contribution in [2.45, 2.75) is 62.8 Å². The molecule has 0 aliphatic carbocycles. The summed E-state index contributed by atoms with van der Waals surface area (Å²) >= 11 is 16.3. The molecule has 0 saturated carbocycles. The maximum atomic E-state index is 8.98. The van der Waals surface area contributed by atoms with Crippen LogP contribution in [0.1, 0.15) is 51.9 Å². The Labute approximate surface area is 392 Å². The molecule has 1 atom stereocenters. The minimum absolute atomic E-state index is 0. The Kier molecular flexibility index (Phi) is 33.8. The monoisotopic (exact) mass is 890 g/mol. The van der Waals surface area contributed by atoms with E-state index in [2.05, 4.69) is 77.1 Å². The summed E-state index contributed by atoms with van der Waals surface area (Å²) in [6, 6.07) is 12.0. The molecular weight excluding hydrogens is 853 g/mol. The number of pyridine rings is 2. The van der Waals surface area contributed by atoms with Gasteiger partial charge < -0.3 is 20.2 Å². The van der Waals surface area contributed by atoms with Crippen molar-refractivity contribution in [1.29, 1.82) is 0 Å². The van der Waals surface area contributed by atoms with Crippen LogP contribution in [0.4, 0.5) is 0 Å². The van der Waals surface area contributed by atoms with Crippen molar-refractivity contribution in [3.05, 3.63) is 107 Å². The minimum atomic E-state index is -3.15. The van der Waals surface area contributed by atoms with Crippen LogP contribution in [0.2, 0.25) is 10.3 Å². The van der Waals surface area contributed by atoms with Gasteiger partial charge in [-0.25, -0.2) is 14.6 Å². The van der Waals surface area contributed by atoms with Gasteiger partial charge in [0.25, 0.3) is 0 Å². The number of halogens is 3. The Balaban J connectivity index is -0.000000571. The van der Waals surface area contributed by atoms with E-state index in [1.54, 1.807) is 6.20 Å². The van der Waals surface area contributed by atoms with E-state index in [1.807, 2.05) is 58.2 Å². The third-order valence-corrected chi connectivity index (χ3v) is 8.12. The number of aryl methyl sites for hydroxylation is 8. The average molecular weight is 892 g/mol. The van der Waals surface area contributed by atoms with Gasteiger partial charge in [-0.15, -0.1) is 0 Å². The molecule has 0 fully saturated rings. The number of hydrogen-bond donors (Lipinski definition) is 2. The van der Waals surface area contributed by atoms with Crippen molar-refractivity contribution in [2.75, 3.05) is 0 Å². The van der Waals surface area contributed by atoms with Crippen molar-refractivity contribution in [2.24, 2.45) is 0 Å². The van der Waals surface area contributed by atoms with Crippen molar-refractivity contribution >= 4 is 130 Å². The number of benzene rings is 2. The third kappa shape index (κ3) is 21.4. The maximum absolute atomic E-state index is 8.98. The third-order valence-electron chi connectivity index (χ3n) is 6.43. The van der Waals surface area contributed by atoms with E-state index < -0.39 is 15.4 Å². The number of rotatable bonds is 3. The van der Waals surface area contributed by atoms with Gasteiger partial charge in [0.05, 0.1) is 0 Å². The second-order valence-corrected chi connectivity index (χ2v) is 12.3. The molecule has 2 N–H and O–H groups in total. The second kappa shape index (κ2) is 29.3. The molecule has 2 aromatic carbocycles. The predicted octanol–water partition coefficient (Wildman–Crippen LogP) is 2.75. The van der Waals surface area contributed by atoms with Crippen LogP contribution in [0, 0.1) is 59.0 Å². The molecule has 0 spiro atoms. The molecule has 0 aliphatic heterocycles. The summed E-state index contributed by atoms with van der Waals surface area (Å²) in [6.45, 7) is 16.3. The number of hydrogen-bond acceptors (Lipinski definition) is 8. The van der Waals surface area contributed by atoms with Crippen LogP contribution < -0.4 is 67.0 Å². The molecule has 4 rings (SSSR count). The zero-order valence-electron chi connectivity index (χ0n) is 28.2. The molecule has 0 bridgehead atoms. The molecule has 2 aromatic heterocycles. The molecule has 47 heavy (non-hydrogen) atoms. The fraction of sp³-hybridized carbons (Fsp3) is 0.290. The SMILES string of the molecule is C.Cc1cc(C)c(-c2cc(Cl)ncc2C)cc1C.Cc1cc(C)c(B(O)O)cc1C.Cc1cnc(Cl)cc1I.O=[P+]([O-])O[O-].[K+].[K][K]. The second-order valence-electron chi connectivity index (χ2n) is 9.79. The first-order valence-corrected chi connectivity index (χ1v) is 32.8. The van der Waals surface area contributed by atoms with Crippen molar-refractivity contribution in [1.82, 2.24) is 9.97 Å². The summed E-state index contributed by atoms with van der Waals surface area (Å²) in [5.41, 5.74) is 12.4. The van der Waals surface area contributed by atoms with Crippen LogP contribution in [0.5, 0.6) is 0 Å². The van der Waals surface area contributed by atoms with Gasteiger partial charge in [-0.2, -0.15) is 0 Å². The van der Waals surface area contributed by atoms with Gasteiger partial charge in [0, 0.05) is 16.0 Å². The average Bonchev–Trinajstić information content (AvgIpc) is 2.98. The zero-order chi connectivity index (χ0) is 35.0. The summed E-state index contributed by atoms with van der Waals surface area (Å²) in [5, 5.41) is 27.6. The van der Waals surface area contributed by atoms with E-state index in [9.17, 15) is 0 Å². The van der Waals surface area contributed by atoms with Crippen molar-refractivity contribution in [3.8, 4) is 11.1 Å². The Hall–Kier alpha value is 2.92.